The van der Waals surface area contributed by atoms with Gasteiger partial charge in [0.25, 0.3) is 0 Å². The molecule has 0 aromatic heterocycles. The molecule has 0 amide bonds. The van der Waals surface area contributed by atoms with Gasteiger partial charge in [0.05, 0.1) is 0 Å². The van der Waals surface area contributed by atoms with Gasteiger partial charge in [-0.3, -0.25) is 0 Å². The van der Waals surface area contributed by atoms with Crippen molar-refractivity contribution in [3.05, 3.63) is 34.9 Å². The molecule has 2 rings (SSSR count). The predicted molar refractivity (Wildman–Crippen MR) is 62.0 cm³/mol. The van der Waals surface area contributed by atoms with E-state index in [0.717, 1.165) is 32.5 Å². The van der Waals surface area contributed by atoms with Crippen LogP contribution in [-0.2, 0) is 24.1 Å². The smallest absolute Gasteiger partial charge is 0.0465 e. The van der Waals surface area contributed by atoms with Crippen molar-refractivity contribution in [2.45, 2.75) is 25.8 Å². The van der Waals surface area contributed by atoms with Crippen molar-refractivity contribution >= 4 is 0 Å². The zero-order valence-corrected chi connectivity index (χ0v) is 9.38. The highest BCUT2D eigenvalue weighted by Gasteiger charge is 2.11. The maximum absolute atomic E-state index is 5.10. The van der Waals surface area contributed by atoms with E-state index in [1.165, 1.54) is 17.5 Å². The van der Waals surface area contributed by atoms with Gasteiger partial charge in [0.2, 0.25) is 0 Å². The number of ether oxygens (including phenoxy) is 1. The van der Waals surface area contributed by atoms with Crippen molar-refractivity contribution in [2.24, 2.45) is 0 Å². The molecule has 15 heavy (non-hydrogen) atoms. The summed E-state index contributed by atoms with van der Waals surface area (Å²) >= 11 is 0. The van der Waals surface area contributed by atoms with Crippen molar-refractivity contribution in [1.29, 1.82) is 0 Å². The number of rotatable bonds is 4. The van der Waals surface area contributed by atoms with Crippen LogP contribution in [0.3, 0.4) is 0 Å². The molecule has 1 heterocycles. The van der Waals surface area contributed by atoms with Crippen LogP contribution in [0.1, 0.15) is 23.1 Å². The van der Waals surface area contributed by atoms with Crippen molar-refractivity contribution in [3.8, 4) is 0 Å². The summed E-state index contributed by atoms with van der Waals surface area (Å²) < 4.78 is 5.10. The first-order chi connectivity index (χ1) is 7.42. The van der Waals surface area contributed by atoms with Gasteiger partial charge in [-0.05, 0) is 42.5 Å². The van der Waals surface area contributed by atoms with Gasteiger partial charge in [0.1, 0.15) is 0 Å². The topological polar surface area (TPSA) is 21.3 Å². The molecule has 1 aromatic rings. The largest absolute Gasteiger partial charge is 0.385 e. The number of benzene rings is 1. The SMILES string of the molecule is COCCCc1cccc2c1CCNC2. The molecule has 0 radical (unpaired) electrons. The molecule has 0 unspecified atom stereocenters. The highest BCUT2D eigenvalue weighted by atomic mass is 16.5. The van der Waals surface area contributed by atoms with Crippen molar-refractivity contribution in [1.82, 2.24) is 5.32 Å². The molecule has 82 valence electrons. The lowest BCUT2D eigenvalue weighted by Crippen LogP contribution is -2.24. The maximum Gasteiger partial charge on any atom is 0.0465 e. The molecule has 1 aromatic carbocycles. The minimum Gasteiger partial charge on any atom is -0.385 e. The van der Waals surface area contributed by atoms with Crippen molar-refractivity contribution in [2.75, 3.05) is 20.3 Å². The Hall–Kier alpha value is -0.860. The Morgan fingerprint density at radius 2 is 2.33 bits per heavy atom. The number of hydrogen-bond acceptors (Lipinski definition) is 2. The minimum atomic E-state index is 0.863. The number of fused-ring (bicyclic) bond motifs is 1. The van der Waals surface area contributed by atoms with E-state index in [9.17, 15) is 0 Å². The fourth-order valence-electron chi connectivity index (χ4n) is 2.25. The first-order valence-electron chi connectivity index (χ1n) is 5.71. The van der Waals surface area contributed by atoms with E-state index in [1.54, 1.807) is 12.7 Å². The summed E-state index contributed by atoms with van der Waals surface area (Å²) in [5.41, 5.74) is 4.58. The van der Waals surface area contributed by atoms with E-state index in [4.69, 9.17) is 4.74 Å². The van der Waals surface area contributed by atoms with E-state index in [-0.39, 0.29) is 0 Å². The summed E-state index contributed by atoms with van der Waals surface area (Å²) in [6.07, 6.45) is 3.45. The van der Waals surface area contributed by atoms with Crippen LogP contribution < -0.4 is 5.32 Å². The van der Waals surface area contributed by atoms with Gasteiger partial charge in [-0.25, -0.2) is 0 Å². The van der Waals surface area contributed by atoms with Crippen LogP contribution >= 0.6 is 0 Å². The second kappa shape index (κ2) is 5.29. The lowest BCUT2D eigenvalue weighted by atomic mass is 9.93. The summed E-state index contributed by atoms with van der Waals surface area (Å²) in [6.45, 7) is 3.02. The molecule has 0 aliphatic carbocycles. The van der Waals surface area contributed by atoms with Crippen LogP contribution in [0.2, 0.25) is 0 Å². The Labute approximate surface area is 91.6 Å². The van der Waals surface area contributed by atoms with Gasteiger partial charge in [0.15, 0.2) is 0 Å². The predicted octanol–water partition coefficient (Wildman–Crippen LogP) is 1.91. The third-order valence-corrected chi connectivity index (χ3v) is 3.03. The molecular weight excluding hydrogens is 186 g/mol. The van der Waals surface area contributed by atoms with Gasteiger partial charge in [-0.2, -0.15) is 0 Å². The molecule has 2 heteroatoms. The first-order valence-corrected chi connectivity index (χ1v) is 5.71. The summed E-state index contributed by atoms with van der Waals surface area (Å²) in [5, 5.41) is 3.41. The van der Waals surface area contributed by atoms with Crippen LogP contribution in [0.5, 0.6) is 0 Å². The zero-order chi connectivity index (χ0) is 10.5. The highest BCUT2D eigenvalue weighted by molar-refractivity contribution is 5.37. The van der Waals surface area contributed by atoms with Gasteiger partial charge >= 0.3 is 0 Å². The van der Waals surface area contributed by atoms with E-state index < -0.39 is 0 Å². The van der Waals surface area contributed by atoms with Gasteiger partial charge < -0.3 is 10.1 Å². The lowest BCUT2D eigenvalue weighted by Gasteiger charge is -2.20. The third kappa shape index (κ3) is 2.58. The van der Waals surface area contributed by atoms with Gasteiger partial charge in [-0.1, -0.05) is 18.2 Å². The van der Waals surface area contributed by atoms with E-state index in [0.29, 0.717) is 0 Å². The van der Waals surface area contributed by atoms with E-state index >= 15 is 0 Å². The molecule has 0 atom stereocenters. The number of aryl methyl sites for hydroxylation is 1. The summed E-state index contributed by atoms with van der Waals surface area (Å²) in [6, 6.07) is 6.68. The number of hydrogen-bond donors (Lipinski definition) is 1. The van der Waals surface area contributed by atoms with Crippen LogP contribution in [0.4, 0.5) is 0 Å². The maximum atomic E-state index is 5.10. The second-order valence-corrected chi connectivity index (χ2v) is 4.08. The number of methoxy groups -OCH3 is 1. The van der Waals surface area contributed by atoms with E-state index in [1.807, 2.05) is 0 Å². The highest BCUT2D eigenvalue weighted by Crippen LogP contribution is 2.19. The Kier molecular flexibility index (Phi) is 3.75. The molecule has 0 bridgehead atoms. The van der Waals surface area contributed by atoms with E-state index in [2.05, 4.69) is 23.5 Å². The standard InChI is InChI=1S/C13H19NO/c1-15-9-3-6-11-4-2-5-12-10-14-8-7-13(11)12/h2,4-5,14H,3,6-10H2,1H3. The molecule has 0 fully saturated rings. The first kappa shape index (κ1) is 10.7. The average molecular weight is 205 g/mol. The summed E-state index contributed by atoms with van der Waals surface area (Å²) in [5.74, 6) is 0. The summed E-state index contributed by atoms with van der Waals surface area (Å²) in [7, 11) is 1.77. The normalized spacial score (nSPS) is 15.0. The Balaban J connectivity index is 2.09. The number of nitrogens with one attached hydrogen (secondary N) is 1. The molecule has 0 spiro atoms. The van der Waals surface area contributed by atoms with Crippen LogP contribution in [0.25, 0.3) is 0 Å². The molecular formula is C13H19NO. The monoisotopic (exact) mass is 205 g/mol. The van der Waals surface area contributed by atoms with Crippen LogP contribution in [-0.4, -0.2) is 20.3 Å². The van der Waals surface area contributed by atoms with Gasteiger partial charge in [-0.15, -0.1) is 0 Å². The van der Waals surface area contributed by atoms with Crippen LogP contribution in [0.15, 0.2) is 18.2 Å². The summed E-state index contributed by atoms with van der Waals surface area (Å²) in [4.78, 5) is 0. The molecule has 1 aliphatic heterocycles. The third-order valence-electron chi connectivity index (χ3n) is 3.03. The molecule has 1 N–H and O–H groups in total. The molecule has 0 saturated heterocycles. The Morgan fingerprint density at radius 1 is 1.40 bits per heavy atom. The minimum absolute atomic E-state index is 0.863. The van der Waals surface area contributed by atoms with Gasteiger partial charge in [0, 0.05) is 20.3 Å². The molecule has 2 nitrogen and oxygen atoms in total. The average Bonchev–Trinajstić information content (AvgIpc) is 2.30. The fraction of sp³-hybridized carbons (Fsp3) is 0.538. The molecule has 1 aliphatic rings. The fourth-order valence-corrected chi connectivity index (χ4v) is 2.25. The quantitative estimate of drug-likeness (QED) is 0.758. The Morgan fingerprint density at radius 3 is 3.20 bits per heavy atom. The second-order valence-electron chi connectivity index (χ2n) is 4.08. The lowest BCUT2D eigenvalue weighted by molar-refractivity contribution is 0.195. The molecule has 0 saturated carbocycles. The van der Waals surface area contributed by atoms with Crippen molar-refractivity contribution in [3.63, 3.8) is 0 Å². The Bertz CT molecular complexity index is 322. The van der Waals surface area contributed by atoms with Crippen molar-refractivity contribution < 1.29 is 4.74 Å². The van der Waals surface area contributed by atoms with Crippen LogP contribution in [0, 0.1) is 0 Å². The zero-order valence-electron chi connectivity index (χ0n) is 9.38.